The maximum atomic E-state index is 14.4. The van der Waals surface area contributed by atoms with Gasteiger partial charge in [-0.3, -0.25) is 0 Å². The Morgan fingerprint density at radius 3 is 1.27 bits per heavy atom. The Morgan fingerprint density at radius 1 is 0.438 bits per heavy atom. The number of fused-ring (bicyclic) bond motifs is 6. The monoisotopic (exact) mass is 859 g/mol. The van der Waals surface area contributed by atoms with E-state index < -0.39 is 29.0 Å². The van der Waals surface area contributed by atoms with Gasteiger partial charge < -0.3 is 9.13 Å². The lowest BCUT2D eigenvalue weighted by Crippen LogP contribution is -2.11. The van der Waals surface area contributed by atoms with Gasteiger partial charge in [0.05, 0.1) is 56.2 Å². The number of nitrogens with zero attached hydrogens (tertiary/aromatic N) is 9. The number of alkyl halides is 6. The molecular formula is C49H31F6N9. The maximum Gasteiger partial charge on any atom is 0.416 e. The number of hydrogen-bond donors (Lipinski definition) is 0. The van der Waals surface area contributed by atoms with Crippen LogP contribution in [0.5, 0.6) is 0 Å². The minimum Gasteiger partial charge on any atom is -0.307 e. The Labute approximate surface area is 360 Å². The molecule has 4 heterocycles. The van der Waals surface area contributed by atoms with Crippen molar-refractivity contribution >= 4 is 43.6 Å². The minimum atomic E-state index is -5.13. The molecule has 64 heavy (non-hydrogen) atoms. The average molecular weight is 860 g/mol. The van der Waals surface area contributed by atoms with Gasteiger partial charge in [0.15, 0.2) is 11.6 Å². The lowest BCUT2D eigenvalue weighted by molar-refractivity contribution is -0.143. The van der Waals surface area contributed by atoms with Gasteiger partial charge in [-0.1, -0.05) is 60.7 Å². The zero-order chi connectivity index (χ0) is 44.8. The van der Waals surface area contributed by atoms with E-state index in [1.54, 1.807) is 27.7 Å². The lowest BCUT2D eigenvalue weighted by atomic mass is 9.94. The predicted octanol–water partition coefficient (Wildman–Crippen LogP) is 12.4. The lowest BCUT2D eigenvalue weighted by Gasteiger charge is -2.21. The smallest absolute Gasteiger partial charge is 0.307 e. The van der Waals surface area contributed by atoms with Gasteiger partial charge in [-0.25, -0.2) is 29.9 Å². The molecule has 0 bridgehead atoms. The largest absolute Gasteiger partial charge is 0.416 e. The van der Waals surface area contributed by atoms with Crippen LogP contribution in [0.25, 0.3) is 88.9 Å². The van der Waals surface area contributed by atoms with Crippen molar-refractivity contribution in [1.29, 1.82) is 5.26 Å². The van der Waals surface area contributed by atoms with Crippen molar-refractivity contribution in [2.24, 2.45) is 0 Å². The molecule has 4 aromatic heterocycles. The fourth-order valence-electron chi connectivity index (χ4n) is 8.60. The highest BCUT2D eigenvalue weighted by Crippen LogP contribution is 2.44. The van der Waals surface area contributed by atoms with E-state index in [-0.39, 0.29) is 17.2 Å². The number of aryl methyl sites for hydroxylation is 4. The molecule has 0 aliphatic heterocycles. The molecule has 0 atom stereocenters. The molecule has 0 amide bonds. The van der Waals surface area contributed by atoms with E-state index in [1.165, 1.54) is 12.1 Å². The fraction of sp³-hybridized carbons (Fsp3) is 0.122. The van der Waals surface area contributed by atoms with Crippen molar-refractivity contribution in [1.82, 2.24) is 39.0 Å². The van der Waals surface area contributed by atoms with Gasteiger partial charge in [0, 0.05) is 38.2 Å². The number of hydrogen-bond acceptors (Lipinski definition) is 7. The minimum absolute atomic E-state index is 0.0785. The van der Waals surface area contributed by atoms with Crippen molar-refractivity contribution < 1.29 is 26.3 Å². The highest BCUT2D eigenvalue weighted by molar-refractivity contribution is 6.12. The van der Waals surface area contributed by atoms with Crippen LogP contribution in [-0.4, -0.2) is 39.0 Å². The summed E-state index contributed by atoms with van der Waals surface area (Å²) in [6, 6.07) is 33.2. The molecular weight excluding hydrogens is 829 g/mol. The average Bonchev–Trinajstić information content (AvgIpc) is 3.76. The summed E-state index contributed by atoms with van der Waals surface area (Å²) in [5.74, 6) is 2.91. The van der Waals surface area contributed by atoms with Crippen LogP contribution >= 0.6 is 0 Å². The first-order valence-electron chi connectivity index (χ1n) is 19.9. The molecule has 0 fully saturated rings. The summed E-state index contributed by atoms with van der Waals surface area (Å²) in [5.41, 5.74) is 1.01. The van der Waals surface area contributed by atoms with Crippen molar-refractivity contribution in [2.45, 2.75) is 40.0 Å². The third-order valence-corrected chi connectivity index (χ3v) is 11.2. The van der Waals surface area contributed by atoms with E-state index >= 15 is 0 Å². The van der Waals surface area contributed by atoms with Gasteiger partial charge >= 0.3 is 12.4 Å². The van der Waals surface area contributed by atoms with Crippen LogP contribution in [-0.2, 0) is 12.4 Å². The molecule has 0 radical (unpaired) electrons. The van der Waals surface area contributed by atoms with Crippen LogP contribution in [0.1, 0.15) is 40.0 Å². The van der Waals surface area contributed by atoms with Gasteiger partial charge in [0.2, 0.25) is 0 Å². The summed E-state index contributed by atoms with van der Waals surface area (Å²) in [6.45, 7) is 7.06. The SMILES string of the molecule is Cc1nc(C)nc(-c2ccc3c4ccccc4n(-c4cc(C#N)c(-c5cc(C(F)(F)F)cc(C(F)(F)F)c5)cc4-n4c5ccccc5c5ccc(-c6nc(C)nc(C)n6)cc54)c3c2)n1. The van der Waals surface area contributed by atoms with Crippen LogP contribution < -0.4 is 0 Å². The van der Waals surface area contributed by atoms with E-state index in [1.807, 2.05) is 94.1 Å². The first-order valence-corrected chi connectivity index (χ1v) is 19.9. The maximum absolute atomic E-state index is 14.4. The second-order valence-corrected chi connectivity index (χ2v) is 15.5. The Morgan fingerprint density at radius 2 is 0.844 bits per heavy atom. The summed E-state index contributed by atoms with van der Waals surface area (Å²) in [6.07, 6.45) is -10.3. The second kappa shape index (κ2) is 14.6. The van der Waals surface area contributed by atoms with Crippen LogP contribution in [0.4, 0.5) is 26.3 Å². The molecule has 0 spiro atoms. The highest BCUT2D eigenvalue weighted by Gasteiger charge is 2.37. The number of aromatic nitrogens is 8. The summed E-state index contributed by atoms with van der Waals surface area (Å²) in [7, 11) is 0. The van der Waals surface area contributed by atoms with Crippen molar-refractivity contribution in [3.63, 3.8) is 0 Å². The summed E-state index contributed by atoms with van der Waals surface area (Å²) < 4.78 is 90.2. The van der Waals surface area contributed by atoms with Gasteiger partial charge in [-0.2, -0.15) is 31.6 Å². The summed E-state index contributed by atoms with van der Waals surface area (Å²) in [5, 5.41) is 14.1. The third kappa shape index (κ3) is 6.74. The first kappa shape index (κ1) is 40.1. The van der Waals surface area contributed by atoms with Crippen LogP contribution in [0.2, 0.25) is 0 Å². The quantitative estimate of drug-likeness (QED) is 0.158. The van der Waals surface area contributed by atoms with E-state index in [9.17, 15) is 31.6 Å². The predicted molar refractivity (Wildman–Crippen MR) is 232 cm³/mol. The molecule has 0 aliphatic rings. The highest BCUT2D eigenvalue weighted by atomic mass is 19.4. The van der Waals surface area contributed by atoms with E-state index in [0.717, 1.165) is 21.5 Å². The molecule has 0 aliphatic carbocycles. The molecule has 15 heteroatoms. The topological polar surface area (TPSA) is 111 Å². The number of para-hydroxylation sites is 2. The summed E-state index contributed by atoms with van der Waals surface area (Å²) >= 11 is 0. The molecule has 0 saturated carbocycles. The Balaban J connectivity index is 1.37. The first-order chi connectivity index (χ1) is 30.5. The fourth-order valence-corrected chi connectivity index (χ4v) is 8.60. The van der Waals surface area contributed by atoms with Gasteiger partial charge in [0.25, 0.3) is 0 Å². The number of nitriles is 1. The normalized spacial score (nSPS) is 12.2. The van der Waals surface area contributed by atoms with E-state index in [0.29, 0.717) is 91.6 Å². The van der Waals surface area contributed by atoms with Crippen molar-refractivity contribution in [3.8, 4) is 51.3 Å². The Bertz CT molecular complexity index is 3540. The Hall–Kier alpha value is -7.99. The van der Waals surface area contributed by atoms with Crippen LogP contribution in [0.15, 0.2) is 115 Å². The molecule has 0 unspecified atom stereocenters. The molecule has 10 aromatic rings. The molecule has 9 nitrogen and oxygen atoms in total. The van der Waals surface area contributed by atoms with Crippen molar-refractivity contribution in [3.05, 3.63) is 155 Å². The van der Waals surface area contributed by atoms with Gasteiger partial charge in [-0.05, 0) is 87.9 Å². The third-order valence-electron chi connectivity index (χ3n) is 11.2. The Kier molecular flexibility index (Phi) is 9.12. The van der Waals surface area contributed by atoms with Crippen LogP contribution in [0.3, 0.4) is 0 Å². The number of halogens is 6. The van der Waals surface area contributed by atoms with Crippen molar-refractivity contribution in [2.75, 3.05) is 0 Å². The molecule has 10 rings (SSSR count). The standard InChI is InChI=1S/C49H31F6N9/c1-25-57-26(2)60-46(59-25)29-13-15-37-35-9-5-7-11-40(35)63(42(37)19-29)44-21-32(24-56)39(31-17-33(48(50,51)52)22-34(18-31)49(53,54)55)23-45(44)64-41-12-8-6-10-36(41)38-16-14-30(20-43(38)64)47-61-27(3)58-28(4)62-47/h5-23H,1-4H3. The molecule has 6 aromatic carbocycles. The van der Waals surface area contributed by atoms with Crippen LogP contribution in [0, 0.1) is 39.0 Å². The second-order valence-electron chi connectivity index (χ2n) is 15.5. The molecule has 0 saturated heterocycles. The van der Waals surface area contributed by atoms with E-state index in [2.05, 4.69) is 36.0 Å². The number of rotatable bonds is 5. The molecule has 314 valence electrons. The zero-order valence-electron chi connectivity index (χ0n) is 34.3. The summed E-state index contributed by atoms with van der Waals surface area (Å²) in [4.78, 5) is 27.1. The van der Waals surface area contributed by atoms with Gasteiger partial charge in [-0.15, -0.1) is 0 Å². The van der Waals surface area contributed by atoms with Gasteiger partial charge in [0.1, 0.15) is 23.3 Å². The zero-order valence-corrected chi connectivity index (χ0v) is 34.3. The molecule has 0 N–H and O–H groups in total. The van der Waals surface area contributed by atoms with E-state index in [4.69, 9.17) is 0 Å². The number of benzene rings is 6.